The van der Waals surface area contributed by atoms with Crippen LogP contribution >= 0.6 is 0 Å². The first-order valence-corrected chi connectivity index (χ1v) is 5.88. The Morgan fingerprint density at radius 1 is 1.25 bits per heavy atom. The molecule has 1 heterocycles. The Morgan fingerprint density at radius 3 is 2.75 bits per heavy atom. The molecular formula is C13H19NO2. The SMILES string of the molecule is Nc1ccc(COCC2CCCCO2)cc1. The van der Waals surface area contributed by atoms with Crippen LogP contribution in [0.4, 0.5) is 5.69 Å². The van der Waals surface area contributed by atoms with E-state index < -0.39 is 0 Å². The van der Waals surface area contributed by atoms with Crippen molar-refractivity contribution in [1.29, 1.82) is 0 Å². The van der Waals surface area contributed by atoms with Gasteiger partial charge in [-0.05, 0) is 37.0 Å². The summed E-state index contributed by atoms with van der Waals surface area (Å²) in [5.74, 6) is 0. The van der Waals surface area contributed by atoms with Crippen LogP contribution in [0.5, 0.6) is 0 Å². The molecule has 1 fully saturated rings. The maximum absolute atomic E-state index is 5.63. The van der Waals surface area contributed by atoms with E-state index in [1.807, 2.05) is 24.3 Å². The third-order valence-electron chi connectivity index (χ3n) is 2.83. The van der Waals surface area contributed by atoms with Crippen LogP contribution in [0.1, 0.15) is 24.8 Å². The number of hydrogen-bond donors (Lipinski definition) is 1. The Kier molecular flexibility index (Phi) is 4.19. The smallest absolute Gasteiger partial charge is 0.0808 e. The second-order valence-corrected chi connectivity index (χ2v) is 4.25. The molecule has 1 aliphatic rings. The lowest BCUT2D eigenvalue weighted by molar-refractivity contribution is -0.0447. The number of anilines is 1. The van der Waals surface area contributed by atoms with Gasteiger partial charge in [0.1, 0.15) is 0 Å². The van der Waals surface area contributed by atoms with Crippen LogP contribution in [-0.4, -0.2) is 19.3 Å². The largest absolute Gasteiger partial charge is 0.399 e. The Bertz CT molecular complexity index is 304. The second-order valence-electron chi connectivity index (χ2n) is 4.25. The van der Waals surface area contributed by atoms with Crippen molar-refractivity contribution in [3.8, 4) is 0 Å². The minimum atomic E-state index is 0.294. The van der Waals surface area contributed by atoms with E-state index >= 15 is 0 Å². The fraction of sp³-hybridized carbons (Fsp3) is 0.538. The lowest BCUT2D eigenvalue weighted by atomic mass is 10.1. The zero-order valence-electron chi connectivity index (χ0n) is 9.52. The van der Waals surface area contributed by atoms with Gasteiger partial charge in [0.15, 0.2) is 0 Å². The molecular weight excluding hydrogens is 202 g/mol. The normalized spacial score (nSPS) is 20.9. The number of benzene rings is 1. The summed E-state index contributed by atoms with van der Waals surface area (Å²) in [6, 6.07) is 7.79. The van der Waals surface area contributed by atoms with Gasteiger partial charge >= 0.3 is 0 Å². The second kappa shape index (κ2) is 5.87. The van der Waals surface area contributed by atoms with Crippen LogP contribution in [0.25, 0.3) is 0 Å². The zero-order chi connectivity index (χ0) is 11.2. The molecule has 1 aliphatic heterocycles. The average molecular weight is 221 g/mol. The van der Waals surface area contributed by atoms with Crippen molar-refractivity contribution in [3.05, 3.63) is 29.8 Å². The zero-order valence-corrected chi connectivity index (χ0v) is 9.52. The summed E-state index contributed by atoms with van der Waals surface area (Å²) in [7, 11) is 0. The van der Waals surface area contributed by atoms with Crippen LogP contribution in [0, 0.1) is 0 Å². The molecule has 1 atom stereocenters. The average Bonchev–Trinajstić information content (AvgIpc) is 2.33. The molecule has 1 aromatic rings. The van der Waals surface area contributed by atoms with Gasteiger partial charge in [0.2, 0.25) is 0 Å². The summed E-state index contributed by atoms with van der Waals surface area (Å²) in [6.07, 6.45) is 3.87. The van der Waals surface area contributed by atoms with Crippen molar-refractivity contribution < 1.29 is 9.47 Å². The first-order valence-electron chi connectivity index (χ1n) is 5.88. The van der Waals surface area contributed by atoms with E-state index in [1.54, 1.807) is 0 Å². The fourth-order valence-electron chi connectivity index (χ4n) is 1.86. The molecule has 1 unspecified atom stereocenters. The molecule has 88 valence electrons. The van der Waals surface area contributed by atoms with Gasteiger partial charge in [0.05, 0.1) is 19.3 Å². The summed E-state index contributed by atoms with van der Waals surface area (Å²) < 4.78 is 11.2. The first-order chi connectivity index (χ1) is 7.84. The first kappa shape index (κ1) is 11.4. The van der Waals surface area contributed by atoms with Gasteiger partial charge in [-0.15, -0.1) is 0 Å². The molecule has 1 saturated heterocycles. The van der Waals surface area contributed by atoms with Crippen molar-refractivity contribution in [2.24, 2.45) is 0 Å². The van der Waals surface area contributed by atoms with Crippen molar-refractivity contribution in [2.45, 2.75) is 32.0 Å². The topological polar surface area (TPSA) is 44.5 Å². The van der Waals surface area contributed by atoms with Crippen LogP contribution in [0.2, 0.25) is 0 Å². The molecule has 0 saturated carbocycles. The molecule has 2 rings (SSSR count). The van der Waals surface area contributed by atoms with E-state index in [9.17, 15) is 0 Å². The molecule has 16 heavy (non-hydrogen) atoms. The van der Waals surface area contributed by atoms with Crippen molar-refractivity contribution in [1.82, 2.24) is 0 Å². The summed E-state index contributed by atoms with van der Waals surface area (Å²) in [6.45, 7) is 2.22. The Morgan fingerprint density at radius 2 is 2.06 bits per heavy atom. The van der Waals surface area contributed by atoms with Gasteiger partial charge in [0.25, 0.3) is 0 Å². The van der Waals surface area contributed by atoms with E-state index in [4.69, 9.17) is 15.2 Å². The summed E-state index contributed by atoms with van der Waals surface area (Å²) >= 11 is 0. The molecule has 2 N–H and O–H groups in total. The van der Waals surface area contributed by atoms with Gasteiger partial charge in [-0.2, -0.15) is 0 Å². The van der Waals surface area contributed by atoms with E-state index in [0.29, 0.717) is 19.3 Å². The van der Waals surface area contributed by atoms with E-state index in [-0.39, 0.29) is 0 Å². The van der Waals surface area contributed by atoms with Crippen LogP contribution < -0.4 is 5.73 Å². The molecule has 0 radical (unpaired) electrons. The van der Waals surface area contributed by atoms with Gasteiger partial charge < -0.3 is 15.2 Å². The third-order valence-corrected chi connectivity index (χ3v) is 2.83. The van der Waals surface area contributed by atoms with Crippen LogP contribution in [0.3, 0.4) is 0 Å². The van der Waals surface area contributed by atoms with Crippen LogP contribution in [-0.2, 0) is 16.1 Å². The highest BCUT2D eigenvalue weighted by Gasteiger charge is 2.13. The van der Waals surface area contributed by atoms with Gasteiger partial charge in [-0.1, -0.05) is 12.1 Å². The number of nitrogen functional groups attached to an aromatic ring is 1. The Balaban J connectivity index is 1.69. The Hall–Kier alpha value is -1.06. The number of hydrogen-bond acceptors (Lipinski definition) is 3. The minimum Gasteiger partial charge on any atom is -0.399 e. The summed E-state index contributed by atoms with van der Waals surface area (Å²) in [5.41, 5.74) is 7.56. The maximum atomic E-state index is 5.63. The van der Waals surface area contributed by atoms with Gasteiger partial charge in [-0.3, -0.25) is 0 Å². The van der Waals surface area contributed by atoms with Crippen molar-refractivity contribution >= 4 is 5.69 Å². The molecule has 0 spiro atoms. The lowest BCUT2D eigenvalue weighted by Crippen LogP contribution is -2.24. The number of ether oxygens (including phenoxy) is 2. The minimum absolute atomic E-state index is 0.294. The van der Waals surface area contributed by atoms with E-state index in [0.717, 1.165) is 24.3 Å². The quantitative estimate of drug-likeness (QED) is 0.794. The Labute approximate surface area is 96.5 Å². The number of rotatable bonds is 4. The molecule has 3 nitrogen and oxygen atoms in total. The van der Waals surface area contributed by atoms with Crippen LogP contribution in [0.15, 0.2) is 24.3 Å². The standard InChI is InChI=1S/C13H19NO2/c14-12-6-4-11(5-7-12)9-15-10-13-3-1-2-8-16-13/h4-7,13H,1-3,8-10,14H2. The van der Waals surface area contributed by atoms with E-state index in [2.05, 4.69) is 0 Å². The third kappa shape index (κ3) is 3.51. The highest BCUT2D eigenvalue weighted by Crippen LogP contribution is 2.13. The molecule has 0 amide bonds. The van der Waals surface area contributed by atoms with E-state index in [1.165, 1.54) is 12.8 Å². The molecule has 0 bridgehead atoms. The predicted molar refractivity (Wildman–Crippen MR) is 64.1 cm³/mol. The van der Waals surface area contributed by atoms with Gasteiger partial charge in [-0.25, -0.2) is 0 Å². The predicted octanol–water partition coefficient (Wildman–Crippen LogP) is 2.35. The summed E-state index contributed by atoms with van der Waals surface area (Å²) in [5, 5.41) is 0. The number of nitrogens with two attached hydrogens (primary N) is 1. The lowest BCUT2D eigenvalue weighted by Gasteiger charge is -2.22. The summed E-state index contributed by atoms with van der Waals surface area (Å²) in [4.78, 5) is 0. The highest BCUT2D eigenvalue weighted by atomic mass is 16.5. The molecule has 1 aromatic carbocycles. The van der Waals surface area contributed by atoms with Crippen molar-refractivity contribution in [3.63, 3.8) is 0 Å². The molecule has 3 heteroatoms. The fourth-order valence-corrected chi connectivity index (χ4v) is 1.86. The highest BCUT2D eigenvalue weighted by molar-refractivity contribution is 5.39. The van der Waals surface area contributed by atoms with Crippen molar-refractivity contribution in [2.75, 3.05) is 18.9 Å². The molecule has 0 aliphatic carbocycles. The van der Waals surface area contributed by atoms with Gasteiger partial charge in [0, 0.05) is 12.3 Å². The molecule has 0 aromatic heterocycles. The maximum Gasteiger partial charge on any atom is 0.0808 e. The monoisotopic (exact) mass is 221 g/mol.